The molecule has 1 N–H and O–H groups in total. The van der Waals surface area contributed by atoms with Gasteiger partial charge in [0, 0.05) is 31.6 Å². The summed E-state index contributed by atoms with van der Waals surface area (Å²) in [6.07, 6.45) is 0. The van der Waals surface area contributed by atoms with Crippen molar-refractivity contribution in [3.8, 4) is 5.75 Å². The molecule has 5 heteroatoms. The van der Waals surface area contributed by atoms with E-state index in [9.17, 15) is 4.79 Å². The molecule has 1 aliphatic rings. The average molecular weight is 280 g/mol. The van der Waals surface area contributed by atoms with E-state index >= 15 is 0 Å². The molecule has 0 aromatic heterocycles. The highest BCUT2D eigenvalue weighted by atomic mass is 32.2. The summed E-state index contributed by atoms with van der Waals surface area (Å²) in [5, 5.41) is 3.27. The van der Waals surface area contributed by atoms with Gasteiger partial charge in [-0.1, -0.05) is 12.1 Å². The summed E-state index contributed by atoms with van der Waals surface area (Å²) in [4.78, 5) is 14.0. The quantitative estimate of drug-likeness (QED) is 0.904. The Morgan fingerprint density at radius 2 is 2.21 bits per heavy atom. The second-order valence-electron chi connectivity index (χ2n) is 4.62. The maximum atomic E-state index is 12.3. The van der Waals surface area contributed by atoms with Crippen LogP contribution in [0.3, 0.4) is 0 Å². The van der Waals surface area contributed by atoms with E-state index in [2.05, 4.69) is 5.32 Å². The van der Waals surface area contributed by atoms with Crippen LogP contribution in [0.4, 0.5) is 0 Å². The molecule has 0 saturated carbocycles. The SMILES string of the molecule is COc1ccc(CN(C)C(=O)C2CSCCN2)cc1. The van der Waals surface area contributed by atoms with Crippen LogP contribution in [0.25, 0.3) is 0 Å². The van der Waals surface area contributed by atoms with E-state index in [0.29, 0.717) is 6.54 Å². The number of carbonyl (C=O) groups excluding carboxylic acids is 1. The molecule has 1 saturated heterocycles. The third-order valence-corrected chi connectivity index (χ3v) is 4.24. The minimum atomic E-state index is -0.0398. The van der Waals surface area contributed by atoms with Crippen molar-refractivity contribution in [2.24, 2.45) is 0 Å². The summed E-state index contributed by atoms with van der Waals surface area (Å²) in [7, 11) is 3.50. The lowest BCUT2D eigenvalue weighted by Crippen LogP contribution is -2.49. The zero-order chi connectivity index (χ0) is 13.7. The highest BCUT2D eigenvalue weighted by Gasteiger charge is 2.23. The largest absolute Gasteiger partial charge is 0.497 e. The lowest BCUT2D eigenvalue weighted by atomic mass is 10.2. The number of nitrogens with one attached hydrogen (secondary N) is 1. The van der Waals surface area contributed by atoms with E-state index in [1.807, 2.05) is 43.1 Å². The molecule has 0 spiro atoms. The molecule has 19 heavy (non-hydrogen) atoms. The molecule has 1 aliphatic heterocycles. The third kappa shape index (κ3) is 3.88. The molecule has 1 fully saturated rings. The Labute approximate surface area is 118 Å². The number of hydrogen-bond acceptors (Lipinski definition) is 4. The van der Waals surface area contributed by atoms with Crippen molar-refractivity contribution in [1.29, 1.82) is 0 Å². The van der Waals surface area contributed by atoms with Crippen LogP contribution in [0.1, 0.15) is 5.56 Å². The van der Waals surface area contributed by atoms with Crippen molar-refractivity contribution in [2.75, 3.05) is 32.2 Å². The Morgan fingerprint density at radius 1 is 1.47 bits per heavy atom. The first-order valence-corrected chi connectivity index (χ1v) is 7.55. The standard InChI is InChI=1S/C14H20N2O2S/c1-16(14(17)13-10-19-8-7-15-13)9-11-3-5-12(18-2)6-4-11/h3-6,13,15H,7-10H2,1-2H3. The van der Waals surface area contributed by atoms with Crippen LogP contribution in [-0.2, 0) is 11.3 Å². The molecule has 104 valence electrons. The average Bonchev–Trinajstić information content (AvgIpc) is 2.48. The molecule has 4 nitrogen and oxygen atoms in total. The fourth-order valence-corrected chi connectivity index (χ4v) is 3.00. The van der Waals surface area contributed by atoms with Gasteiger partial charge < -0.3 is 15.0 Å². The van der Waals surface area contributed by atoms with Gasteiger partial charge in [0.2, 0.25) is 5.91 Å². The molecule has 1 amide bonds. The van der Waals surface area contributed by atoms with Crippen LogP contribution in [0, 0.1) is 0 Å². The maximum Gasteiger partial charge on any atom is 0.240 e. The molecule has 1 aromatic carbocycles. The molecule has 0 aliphatic carbocycles. The van der Waals surface area contributed by atoms with Gasteiger partial charge in [0.15, 0.2) is 0 Å². The lowest BCUT2D eigenvalue weighted by molar-refractivity contribution is -0.132. The fraction of sp³-hybridized carbons (Fsp3) is 0.500. The lowest BCUT2D eigenvalue weighted by Gasteiger charge is -2.27. The zero-order valence-corrected chi connectivity index (χ0v) is 12.2. The molecule has 1 aromatic rings. The number of ether oxygens (including phenoxy) is 1. The van der Waals surface area contributed by atoms with Crippen molar-refractivity contribution >= 4 is 17.7 Å². The Bertz CT molecular complexity index is 416. The first kappa shape index (κ1) is 14.2. The summed E-state index contributed by atoms with van der Waals surface area (Å²) >= 11 is 1.83. The minimum absolute atomic E-state index is 0.0398. The van der Waals surface area contributed by atoms with Crippen molar-refractivity contribution in [3.05, 3.63) is 29.8 Å². The number of benzene rings is 1. The van der Waals surface area contributed by atoms with Gasteiger partial charge in [-0.25, -0.2) is 0 Å². The minimum Gasteiger partial charge on any atom is -0.497 e. The monoisotopic (exact) mass is 280 g/mol. The predicted molar refractivity (Wildman–Crippen MR) is 78.6 cm³/mol. The van der Waals surface area contributed by atoms with Gasteiger partial charge in [0.25, 0.3) is 0 Å². The maximum absolute atomic E-state index is 12.3. The molecular formula is C14H20N2O2S. The summed E-state index contributed by atoms with van der Waals surface area (Å²) in [6, 6.07) is 7.78. The molecule has 1 heterocycles. The third-order valence-electron chi connectivity index (χ3n) is 3.17. The van der Waals surface area contributed by atoms with Crippen molar-refractivity contribution in [2.45, 2.75) is 12.6 Å². The van der Waals surface area contributed by atoms with Crippen LogP contribution in [-0.4, -0.2) is 49.1 Å². The smallest absolute Gasteiger partial charge is 0.240 e. The van der Waals surface area contributed by atoms with Gasteiger partial charge in [-0.2, -0.15) is 11.8 Å². The number of carbonyl (C=O) groups is 1. The number of rotatable bonds is 4. The zero-order valence-electron chi connectivity index (χ0n) is 11.4. The normalized spacial score (nSPS) is 18.9. The molecular weight excluding hydrogens is 260 g/mol. The Kier molecular flexibility index (Phi) is 5.10. The number of amides is 1. The van der Waals surface area contributed by atoms with Crippen LogP contribution in [0.5, 0.6) is 5.75 Å². The number of nitrogens with zero attached hydrogens (tertiary/aromatic N) is 1. The van der Waals surface area contributed by atoms with E-state index in [-0.39, 0.29) is 11.9 Å². The van der Waals surface area contributed by atoms with Crippen LogP contribution >= 0.6 is 11.8 Å². The molecule has 0 bridgehead atoms. The van der Waals surface area contributed by atoms with E-state index in [0.717, 1.165) is 29.4 Å². The summed E-state index contributed by atoms with van der Waals surface area (Å²) in [5.41, 5.74) is 1.11. The second-order valence-corrected chi connectivity index (χ2v) is 5.77. The highest BCUT2D eigenvalue weighted by Crippen LogP contribution is 2.14. The number of likely N-dealkylation sites (N-methyl/N-ethyl adjacent to an activating group) is 1. The van der Waals surface area contributed by atoms with Crippen LogP contribution in [0.2, 0.25) is 0 Å². The van der Waals surface area contributed by atoms with Crippen molar-refractivity contribution in [3.63, 3.8) is 0 Å². The topological polar surface area (TPSA) is 41.6 Å². The second kappa shape index (κ2) is 6.82. The number of hydrogen-bond donors (Lipinski definition) is 1. The fourth-order valence-electron chi connectivity index (χ4n) is 2.07. The Hall–Kier alpha value is -1.20. The van der Waals surface area contributed by atoms with E-state index < -0.39 is 0 Å². The molecule has 1 atom stereocenters. The predicted octanol–water partition coefficient (Wildman–Crippen LogP) is 1.36. The first-order valence-electron chi connectivity index (χ1n) is 6.39. The van der Waals surface area contributed by atoms with Crippen LogP contribution < -0.4 is 10.1 Å². The Balaban J connectivity index is 1.91. The van der Waals surface area contributed by atoms with E-state index in [4.69, 9.17) is 4.74 Å². The molecule has 0 radical (unpaired) electrons. The Morgan fingerprint density at radius 3 is 2.79 bits per heavy atom. The van der Waals surface area contributed by atoms with Gasteiger partial charge in [-0.15, -0.1) is 0 Å². The molecule has 2 rings (SSSR count). The van der Waals surface area contributed by atoms with Crippen molar-refractivity contribution < 1.29 is 9.53 Å². The summed E-state index contributed by atoms with van der Waals surface area (Å²) in [6.45, 7) is 1.54. The van der Waals surface area contributed by atoms with Crippen molar-refractivity contribution in [1.82, 2.24) is 10.2 Å². The first-order chi connectivity index (χ1) is 9.20. The highest BCUT2D eigenvalue weighted by molar-refractivity contribution is 7.99. The van der Waals surface area contributed by atoms with Gasteiger partial charge in [0.1, 0.15) is 5.75 Å². The van der Waals surface area contributed by atoms with E-state index in [1.54, 1.807) is 12.0 Å². The van der Waals surface area contributed by atoms with Crippen LogP contribution in [0.15, 0.2) is 24.3 Å². The summed E-state index contributed by atoms with van der Waals surface area (Å²) in [5.74, 6) is 2.96. The number of thioether (sulfide) groups is 1. The number of methoxy groups -OCH3 is 1. The van der Waals surface area contributed by atoms with Gasteiger partial charge >= 0.3 is 0 Å². The van der Waals surface area contributed by atoms with Gasteiger partial charge in [0.05, 0.1) is 13.2 Å². The van der Waals surface area contributed by atoms with E-state index in [1.165, 1.54) is 0 Å². The summed E-state index contributed by atoms with van der Waals surface area (Å²) < 4.78 is 5.12. The molecule has 1 unspecified atom stereocenters. The van der Waals surface area contributed by atoms with Gasteiger partial charge in [-0.3, -0.25) is 4.79 Å². The van der Waals surface area contributed by atoms with Gasteiger partial charge in [-0.05, 0) is 17.7 Å².